The van der Waals surface area contributed by atoms with Crippen LogP contribution in [0.2, 0.25) is 0 Å². The van der Waals surface area contributed by atoms with Crippen molar-refractivity contribution in [3.63, 3.8) is 0 Å². The van der Waals surface area contributed by atoms with Crippen molar-refractivity contribution in [1.82, 2.24) is 5.32 Å². The van der Waals surface area contributed by atoms with E-state index in [0.717, 1.165) is 25.1 Å². The molecule has 88 valence electrons. The number of hydrogen-bond donors (Lipinski definition) is 1. The van der Waals surface area contributed by atoms with Gasteiger partial charge in [0, 0.05) is 19.7 Å². The van der Waals surface area contributed by atoms with Crippen LogP contribution in [-0.2, 0) is 14.3 Å². The fourth-order valence-corrected chi connectivity index (χ4v) is 1.49. The zero-order valence-corrected chi connectivity index (χ0v) is 9.93. The van der Waals surface area contributed by atoms with Gasteiger partial charge < -0.3 is 14.8 Å². The van der Waals surface area contributed by atoms with Crippen molar-refractivity contribution in [3.05, 3.63) is 11.6 Å². The van der Waals surface area contributed by atoms with Crippen LogP contribution in [-0.4, -0.2) is 38.9 Å². The van der Waals surface area contributed by atoms with Crippen LogP contribution in [0.3, 0.4) is 0 Å². The molecule has 0 bridgehead atoms. The van der Waals surface area contributed by atoms with Crippen molar-refractivity contribution in [2.24, 2.45) is 0 Å². The van der Waals surface area contributed by atoms with Gasteiger partial charge in [-0.25, -0.2) is 4.79 Å². The minimum Gasteiger partial charge on any atom is -0.463 e. The number of piperidine rings is 1. The molecule has 0 spiro atoms. The third kappa shape index (κ3) is 4.64. The van der Waals surface area contributed by atoms with E-state index in [-0.39, 0.29) is 24.5 Å². The molecule has 0 amide bonds. The van der Waals surface area contributed by atoms with Crippen LogP contribution in [0.5, 0.6) is 0 Å². The Hall–Kier alpha value is -0.580. The average Bonchev–Trinajstić information content (AvgIpc) is 2.19. The van der Waals surface area contributed by atoms with Crippen LogP contribution < -0.4 is 5.32 Å². The van der Waals surface area contributed by atoms with Crippen molar-refractivity contribution in [2.75, 3.05) is 26.8 Å². The summed E-state index contributed by atoms with van der Waals surface area (Å²) in [4.78, 5) is 11.2. The zero-order valence-electron chi connectivity index (χ0n) is 9.12. The van der Waals surface area contributed by atoms with Gasteiger partial charge in [0.25, 0.3) is 0 Å². The second-order valence-electron chi connectivity index (χ2n) is 3.15. The largest absolute Gasteiger partial charge is 0.463 e. The third-order valence-electron chi connectivity index (χ3n) is 2.21. The Morgan fingerprint density at radius 2 is 2.40 bits per heavy atom. The molecule has 1 aliphatic rings. The van der Waals surface area contributed by atoms with E-state index in [1.165, 1.54) is 0 Å². The molecule has 0 aromatic rings. The SMILES string of the molecule is CCOC(=O)C=C1CCNCC1OC.Cl. The molecule has 4 nitrogen and oxygen atoms in total. The fourth-order valence-electron chi connectivity index (χ4n) is 1.49. The molecular weight excluding hydrogens is 218 g/mol. The lowest BCUT2D eigenvalue weighted by Gasteiger charge is -2.24. The minimum absolute atomic E-state index is 0. The highest BCUT2D eigenvalue weighted by Crippen LogP contribution is 2.13. The van der Waals surface area contributed by atoms with Gasteiger partial charge in [-0.15, -0.1) is 12.4 Å². The quantitative estimate of drug-likeness (QED) is 0.584. The number of carbonyl (C=O) groups is 1. The summed E-state index contributed by atoms with van der Waals surface area (Å²) < 4.78 is 10.1. The molecule has 0 radical (unpaired) electrons. The number of ether oxygens (including phenoxy) is 2. The summed E-state index contributed by atoms with van der Waals surface area (Å²) in [6.07, 6.45) is 2.41. The molecule has 1 rings (SSSR count). The Morgan fingerprint density at radius 3 is 3.00 bits per heavy atom. The van der Waals surface area contributed by atoms with E-state index in [2.05, 4.69) is 5.32 Å². The number of hydrogen-bond acceptors (Lipinski definition) is 4. The second kappa shape index (κ2) is 7.68. The molecule has 0 aromatic carbocycles. The predicted octanol–water partition coefficient (Wildman–Crippen LogP) is 0.906. The van der Waals surface area contributed by atoms with Crippen LogP contribution in [0, 0.1) is 0 Å². The summed E-state index contributed by atoms with van der Waals surface area (Å²) in [5.74, 6) is -0.272. The lowest BCUT2D eigenvalue weighted by atomic mass is 10.0. The maximum Gasteiger partial charge on any atom is 0.330 e. The van der Waals surface area contributed by atoms with Gasteiger partial charge in [-0.1, -0.05) is 0 Å². The molecule has 5 heteroatoms. The van der Waals surface area contributed by atoms with Crippen LogP contribution in [0.25, 0.3) is 0 Å². The monoisotopic (exact) mass is 235 g/mol. The highest BCUT2D eigenvalue weighted by atomic mass is 35.5. The van der Waals surface area contributed by atoms with Gasteiger partial charge in [-0.2, -0.15) is 0 Å². The number of methoxy groups -OCH3 is 1. The Kier molecular flexibility index (Phi) is 7.38. The lowest BCUT2D eigenvalue weighted by molar-refractivity contribution is -0.137. The molecule has 1 heterocycles. The highest BCUT2D eigenvalue weighted by Gasteiger charge is 2.18. The molecule has 0 aliphatic carbocycles. The maximum atomic E-state index is 11.2. The van der Waals surface area contributed by atoms with Gasteiger partial charge in [0.15, 0.2) is 0 Å². The van der Waals surface area contributed by atoms with Crippen molar-refractivity contribution in [1.29, 1.82) is 0 Å². The van der Waals surface area contributed by atoms with E-state index in [9.17, 15) is 4.79 Å². The summed E-state index contributed by atoms with van der Waals surface area (Å²) in [6, 6.07) is 0. The summed E-state index contributed by atoms with van der Waals surface area (Å²) in [6.45, 7) is 3.87. The number of halogens is 1. The molecule has 1 aliphatic heterocycles. The third-order valence-corrected chi connectivity index (χ3v) is 2.21. The first-order valence-corrected chi connectivity index (χ1v) is 4.88. The molecule has 0 aromatic heterocycles. The molecule has 15 heavy (non-hydrogen) atoms. The van der Waals surface area contributed by atoms with E-state index < -0.39 is 0 Å². The maximum absolute atomic E-state index is 11.2. The first-order valence-electron chi connectivity index (χ1n) is 4.88. The van der Waals surface area contributed by atoms with Gasteiger partial charge in [0.05, 0.1) is 12.7 Å². The minimum atomic E-state index is -0.272. The van der Waals surface area contributed by atoms with Gasteiger partial charge in [0.1, 0.15) is 0 Å². The standard InChI is InChI=1S/C10H17NO3.ClH/c1-3-14-10(12)6-8-4-5-11-7-9(8)13-2;/h6,9,11H,3-5,7H2,1-2H3;1H. The van der Waals surface area contributed by atoms with Crippen molar-refractivity contribution in [3.8, 4) is 0 Å². The molecule has 1 unspecified atom stereocenters. The summed E-state index contributed by atoms with van der Waals surface area (Å²) in [7, 11) is 1.65. The van der Waals surface area contributed by atoms with Crippen molar-refractivity contribution in [2.45, 2.75) is 19.4 Å². The Balaban J connectivity index is 0.00000196. The lowest BCUT2D eigenvalue weighted by Crippen LogP contribution is -2.37. The van der Waals surface area contributed by atoms with Gasteiger partial charge in [0.2, 0.25) is 0 Å². The smallest absolute Gasteiger partial charge is 0.330 e. The topological polar surface area (TPSA) is 47.6 Å². The molecule has 1 N–H and O–H groups in total. The van der Waals surface area contributed by atoms with E-state index in [0.29, 0.717) is 6.61 Å². The first kappa shape index (κ1) is 14.4. The zero-order chi connectivity index (χ0) is 10.4. The van der Waals surface area contributed by atoms with Gasteiger partial charge >= 0.3 is 5.97 Å². The summed E-state index contributed by atoms with van der Waals surface area (Å²) in [5.41, 5.74) is 1.02. The fraction of sp³-hybridized carbons (Fsp3) is 0.700. The molecule has 0 saturated carbocycles. The van der Waals surface area contributed by atoms with E-state index in [1.807, 2.05) is 0 Å². The van der Waals surface area contributed by atoms with E-state index >= 15 is 0 Å². The first-order chi connectivity index (χ1) is 6.77. The van der Waals surface area contributed by atoms with Crippen molar-refractivity contribution >= 4 is 18.4 Å². The highest BCUT2D eigenvalue weighted by molar-refractivity contribution is 5.85. The molecule has 1 saturated heterocycles. The Labute approximate surface area is 96.4 Å². The number of carbonyl (C=O) groups excluding carboxylic acids is 1. The Morgan fingerprint density at radius 1 is 1.67 bits per heavy atom. The van der Waals surface area contributed by atoms with Gasteiger partial charge in [-0.05, 0) is 25.5 Å². The van der Waals surface area contributed by atoms with E-state index in [4.69, 9.17) is 9.47 Å². The normalized spacial score (nSPS) is 23.3. The second-order valence-corrected chi connectivity index (χ2v) is 3.15. The van der Waals surface area contributed by atoms with Crippen LogP contribution in [0.1, 0.15) is 13.3 Å². The van der Waals surface area contributed by atoms with Crippen LogP contribution >= 0.6 is 12.4 Å². The van der Waals surface area contributed by atoms with Crippen LogP contribution in [0.4, 0.5) is 0 Å². The van der Waals surface area contributed by atoms with E-state index in [1.54, 1.807) is 20.1 Å². The molecular formula is C10H18ClNO3. The summed E-state index contributed by atoms with van der Waals surface area (Å²) in [5, 5.41) is 3.20. The number of rotatable bonds is 3. The predicted molar refractivity (Wildman–Crippen MR) is 60.2 cm³/mol. The van der Waals surface area contributed by atoms with Crippen LogP contribution in [0.15, 0.2) is 11.6 Å². The Bertz CT molecular complexity index is 231. The summed E-state index contributed by atoms with van der Waals surface area (Å²) >= 11 is 0. The van der Waals surface area contributed by atoms with Gasteiger partial charge in [-0.3, -0.25) is 0 Å². The average molecular weight is 236 g/mol. The number of esters is 1. The molecule has 1 atom stereocenters. The number of nitrogens with one attached hydrogen (secondary N) is 1. The van der Waals surface area contributed by atoms with Crippen molar-refractivity contribution < 1.29 is 14.3 Å². The molecule has 1 fully saturated rings.